The first-order valence-corrected chi connectivity index (χ1v) is 8.19. The first-order valence-electron chi connectivity index (χ1n) is 8.19. The van der Waals surface area contributed by atoms with Crippen molar-refractivity contribution in [2.75, 3.05) is 6.54 Å². The molecule has 2 unspecified atom stereocenters. The van der Waals surface area contributed by atoms with E-state index in [2.05, 4.69) is 70.3 Å². The SMILES string of the molecule is CCCC(C)CC(CNC(C)(C)C)Cc1ccccc1. The van der Waals surface area contributed by atoms with Gasteiger partial charge in [0.1, 0.15) is 0 Å². The van der Waals surface area contributed by atoms with Crippen molar-refractivity contribution < 1.29 is 0 Å². The molecule has 0 saturated heterocycles. The summed E-state index contributed by atoms with van der Waals surface area (Å²) in [6.45, 7) is 12.6. The molecule has 2 atom stereocenters. The fraction of sp³-hybridized carbons (Fsp3) is 0.684. The van der Waals surface area contributed by atoms with E-state index in [4.69, 9.17) is 0 Å². The van der Waals surface area contributed by atoms with E-state index in [1.807, 2.05) is 0 Å². The van der Waals surface area contributed by atoms with Crippen LogP contribution in [0.25, 0.3) is 0 Å². The average molecular weight is 275 g/mol. The predicted molar refractivity (Wildman–Crippen MR) is 90.1 cm³/mol. The number of rotatable bonds is 8. The largest absolute Gasteiger partial charge is 0.312 e. The second kappa shape index (κ2) is 8.46. The van der Waals surface area contributed by atoms with Crippen LogP contribution in [0.1, 0.15) is 59.4 Å². The zero-order valence-electron chi connectivity index (χ0n) is 14.1. The third-order valence-corrected chi connectivity index (χ3v) is 3.81. The first kappa shape index (κ1) is 17.2. The molecule has 1 nitrogen and oxygen atoms in total. The van der Waals surface area contributed by atoms with Crippen LogP contribution >= 0.6 is 0 Å². The molecule has 0 saturated carbocycles. The van der Waals surface area contributed by atoms with Crippen LogP contribution in [0.3, 0.4) is 0 Å². The lowest BCUT2D eigenvalue weighted by molar-refractivity contribution is 0.315. The second-order valence-electron chi connectivity index (χ2n) is 7.32. The molecule has 0 aliphatic carbocycles. The third-order valence-electron chi connectivity index (χ3n) is 3.81. The molecule has 1 aromatic carbocycles. The minimum absolute atomic E-state index is 0.211. The van der Waals surface area contributed by atoms with Crippen LogP contribution in [0.5, 0.6) is 0 Å². The van der Waals surface area contributed by atoms with E-state index in [0.29, 0.717) is 0 Å². The summed E-state index contributed by atoms with van der Waals surface area (Å²) in [6.07, 6.45) is 5.16. The molecule has 0 spiro atoms. The highest BCUT2D eigenvalue weighted by Crippen LogP contribution is 2.21. The summed E-state index contributed by atoms with van der Waals surface area (Å²) in [4.78, 5) is 0. The second-order valence-corrected chi connectivity index (χ2v) is 7.32. The van der Waals surface area contributed by atoms with Crippen LogP contribution in [0.2, 0.25) is 0 Å². The molecule has 0 aliphatic rings. The average Bonchev–Trinajstić information content (AvgIpc) is 2.36. The Morgan fingerprint density at radius 2 is 1.75 bits per heavy atom. The maximum absolute atomic E-state index is 3.69. The van der Waals surface area contributed by atoms with Gasteiger partial charge in [-0.2, -0.15) is 0 Å². The van der Waals surface area contributed by atoms with Crippen LogP contribution in [-0.4, -0.2) is 12.1 Å². The molecule has 0 heterocycles. The number of nitrogens with one attached hydrogen (secondary N) is 1. The van der Waals surface area contributed by atoms with Gasteiger partial charge in [0, 0.05) is 5.54 Å². The Bertz CT molecular complexity index is 350. The Morgan fingerprint density at radius 1 is 1.10 bits per heavy atom. The molecule has 0 amide bonds. The Labute approximate surface area is 126 Å². The van der Waals surface area contributed by atoms with Crippen molar-refractivity contribution in [1.29, 1.82) is 0 Å². The standard InChI is InChI=1S/C19H33N/c1-6-10-16(2)13-18(15-20-19(3,4)5)14-17-11-8-7-9-12-17/h7-9,11-12,16,18,20H,6,10,13-15H2,1-5H3. The fourth-order valence-electron chi connectivity index (χ4n) is 2.82. The van der Waals surface area contributed by atoms with E-state index in [1.165, 1.54) is 31.2 Å². The molecule has 0 radical (unpaired) electrons. The van der Waals surface area contributed by atoms with Crippen molar-refractivity contribution in [3.05, 3.63) is 35.9 Å². The zero-order valence-corrected chi connectivity index (χ0v) is 14.1. The molecule has 1 heteroatoms. The van der Waals surface area contributed by atoms with Gasteiger partial charge in [-0.3, -0.25) is 0 Å². The van der Waals surface area contributed by atoms with Gasteiger partial charge in [-0.1, -0.05) is 57.0 Å². The smallest absolute Gasteiger partial charge is 0.00966 e. The number of benzene rings is 1. The van der Waals surface area contributed by atoms with Gasteiger partial charge in [-0.05, 0) is 57.6 Å². The summed E-state index contributed by atoms with van der Waals surface area (Å²) in [6, 6.07) is 10.9. The van der Waals surface area contributed by atoms with Crippen molar-refractivity contribution in [3.8, 4) is 0 Å². The van der Waals surface area contributed by atoms with E-state index in [9.17, 15) is 0 Å². The Kier molecular flexibility index (Phi) is 7.29. The lowest BCUT2D eigenvalue weighted by atomic mass is 9.87. The lowest BCUT2D eigenvalue weighted by Crippen LogP contribution is -2.40. The Morgan fingerprint density at radius 3 is 2.30 bits per heavy atom. The quantitative estimate of drug-likeness (QED) is 0.699. The molecule has 0 aliphatic heterocycles. The van der Waals surface area contributed by atoms with Crippen LogP contribution < -0.4 is 5.32 Å². The molecule has 1 rings (SSSR count). The van der Waals surface area contributed by atoms with Crippen molar-refractivity contribution in [2.24, 2.45) is 11.8 Å². The maximum Gasteiger partial charge on any atom is 0.00966 e. The molecule has 0 aromatic heterocycles. The van der Waals surface area contributed by atoms with E-state index in [-0.39, 0.29) is 5.54 Å². The zero-order chi connectivity index (χ0) is 15.0. The molecule has 0 fully saturated rings. The molecule has 114 valence electrons. The third kappa shape index (κ3) is 7.69. The molecule has 1 aromatic rings. The summed E-state index contributed by atoms with van der Waals surface area (Å²) >= 11 is 0. The lowest BCUT2D eigenvalue weighted by Gasteiger charge is -2.27. The van der Waals surface area contributed by atoms with Crippen LogP contribution in [0, 0.1) is 11.8 Å². The van der Waals surface area contributed by atoms with Crippen LogP contribution in [0.15, 0.2) is 30.3 Å². The highest BCUT2D eigenvalue weighted by molar-refractivity contribution is 5.15. The van der Waals surface area contributed by atoms with Gasteiger partial charge in [-0.25, -0.2) is 0 Å². The monoisotopic (exact) mass is 275 g/mol. The Balaban J connectivity index is 2.58. The minimum Gasteiger partial charge on any atom is -0.312 e. The van der Waals surface area contributed by atoms with Gasteiger partial charge < -0.3 is 5.32 Å². The van der Waals surface area contributed by atoms with Gasteiger partial charge in [0.2, 0.25) is 0 Å². The normalized spacial score (nSPS) is 15.1. The van der Waals surface area contributed by atoms with Crippen molar-refractivity contribution in [3.63, 3.8) is 0 Å². The molecule has 20 heavy (non-hydrogen) atoms. The summed E-state index contributed by atoms with van der Waals surface area (Å²) in [7, 11) is 0. The number of hydrogen-bond acceptors (Lipinski definition) is 1. The van der Waals surface area contributed by atoms with Gasteiger partial charge in [0.25, 0.3) is 0 Å². The van der Waals surface area contributed by atoms with Gasteiger partial charge in [0.05, 0.1) is 0 Å². The van der Waals surface area contributed by atoms with Gasteiger partial charge in [-0.15, -0.1) is 0 Å². The van der Waals surface area contributed by atoms with Gasteiger partial charge in [0.15, 0.2) is 0 Å². The minimum atomic E-state index is 0.211. The van der Waals surface area contributed by atoms with Crippen molar-refractivity contribution in [1.82, 2.24) is 5.32 Å². The van der Waals surface area contributed by atoms with E-state index in [0.717, 1.165) is 18.4 Å². The predicted octanol–water partition coefficient (Wildman–Crippen LogP) is 5.06. The van der Waals surface area contributed by atoms with Crippen molar-refractivity contribution in [2.45, 2.75) is 65.8 Å². The van der Waals surface area contributed by atoms with E-state index >= 15 is 0 Å². The maximum atomic E-state index is 3.69. The van der Waals surface area contributed by atoms with Gasteiger partial charge >= 0.3 is 0 Å². The molecule has 0 bridgehead atoms. The summed E-state index contributed by atoms with van der Waals surface area (Å²) < 4.78 is 0. The Hall–Kier alpha value is -0.820. The molecule has 1 N–H and O–H groups in total. The fourth-order valence-corrected chi connectivity index (χ4v) is 2.82. The van der Waals surface area contributed by atoms with E-state index < -0.39 is 0 Å². The summed E-state index contributed by atoms with van der Waals surface area (Å²) in [5, 5.41) is 3.69. The molecular weight excluding hydrogens is 242 g/mol. The summed E-state index contributed by atoms with van der Waals surface area (Å²) in [5.41, 5.74) is 1.68. The topological polar surface area (TPSA) is 12.0 Å². The summed E-state index contributed by atoms with van der Waals surface area (Å²) in [5.74, 6) is 1.56. The number of hydrogen-bond donors (Lipinski definition) is 1. The van der Waals surface area contributed by atoms with Crippen molar-refractivity contribution >= 4 is 0 Å². The first-order chi connectivity index (χ1) is 9.40. The van der Waals surface area contributed by atoms with Crippen LogP contribution in [0.4, 0.5) is 0 Å². The van der Waals surface area contributed by atoms with E-state index in [1.54, 1.807) is 0 Å². The molecular formula is C19H33N. The highest BCUT2D eigenvalue weighted by Gasteiger charge is 2.17. The van der Waals surface area contributed by atoms with Crippen LogP contribution in [-0.2, 0) is 6.42 Å². The highest BCUT2D eigenvalue weighted by atomic mass is 14.9.